The number of hydrogen-bond donors (Lipinski definition) is 1. The summed E-state index contributed by atoms with van der Waals surface area (Å²) >= 11 is 0. The summed E-state index contributed by atoms with van der Waals surface area (Å²) in [6, 6.07) is 3.34. The Morgan fingerprint density at radius 2 is 1.92 bits per heavy atom. The third kappa shape index (κ3) is 2.34. The summed E-state index contributed by atoms with van der Waals surface area (Å²) in [5, 5.41) is 0. The summed E-state index contributed by atoms with van der Waals surface area (Å²) in [5.74, 6) is 0. The molecule has 0 heterocycles. The third-order valence-corrected chi connectivity index (χ3v) is 2.13. The van der Waals surface area contributed by atoms with E-state index in [1.807, 2.05) is 0 Å². The summed E-state index contributed by atoms with van der Waals surface area (Å²) < 4.78 is 36.6. The highest BCUT2D eigenvalue weighted by molar-refractivity contribution is 7.15. The standard InChI is InChI=1S/C8H9F3NP/c9-8(10,11)6-1-2-7(12)5(3-6)4-13/h1-3H,4,12-13H2. The SMILES string of the molecule is Nc1ccc(C(F)(F)F)cc1CP. The second-order valence-electron chi connectivity index (χ2n) is 2.62. The van der Waals surface area contributed by atoms with E-state index in [0.717, 1.165) is 12.1 Å². The fourth-order valence-electron chi connectivity index (χ4n) is 0.959. The minimum atomic E-state index is -4.29. The molecule has 1 aromatic carbocycles. The summed E-state index contributed by atoms with van der Waals surface area (Å²) in [6.45, 7) is 0. The highest BCUT2D eigenvalue weighted by atomic mass is 31.0. The van der Waals surface area contributed by atoms with E-state index in [1.165, 1.54) is 6.07 Å². The number of anilines is 1. The first kappa shape index (κ1) is 10.3. The normalized spacial score (nSPS) is 11.7. The maximum absolute atomic E-state index is 12.2. The molecule has 13 heavy (non-hydrogen) atoms. The van der Waals surface area contributed by atoms with Gasteiger partial charge in [-0.25, -0.2) is 0 Å². The Morgan fingerprint density at radius 3 is 2.38 bits per heavy atom. The van der Waals surface area contributed by atoms with Crippen molar-refractivity contribution in [3.05, 3.63) is 29.3 Å². The van der Waals surface area contributed by atoms with Gasteiger partial charge in [0.25, 0.3) is 0 Å². The van der Waals surface area contributed by atoms with Crippen LogP contribution in [0.2, 0.25) is 0 Å². The fourth-order valence-corrected chi connectivity index (χ4v) is 1.31. The molecule has 0 aliphatic rings. The van der Waals surface area contributed by atoms with Gasteiger partial charge in [0.15, 0.2) is 0 Å². The number of nitrogen functional groups attached to an aromatic ring is 1. The molecule has 0 bridgehead atoms. The van der Waals surface area contributed by atoms with Crippen LogP contribution in [0.25, 0.3) is 0 Å². The molecule has 0 fully saturated rings. The lowest BCUT2D eigenvalue weighted by Crippen LogP contribution is -2.06. The van der Waals surface area contributed by atoms with Gasteiger partial charge in [-0.2, -0.15) is 13.2 Å². The van der Waals surface area contributed by atoms with Crippen LogP contribution in [-0.2, 0) is 12.3 Å². The Balaban J connectivity index is 3.14. The van der Waals surface area contributed by atoms with Crippen molar-refractivity contribution in [3.8, 4) is 0 Å². The van der Waals surface area contributed by atoms with Crippen molar-refractivity contribution in [2.45, 2.75) is 12.3 Å². The van der Waals surface area contributed by atoms with Gasteiger partial charge in [-0.3, -0.25) is 0 Å². The predicted octanol–water partition coefficient (Wildman–Crippen LogP) is 2.66. The second kappa shape index (κ2) is 3.54. The van der Waals surface area contributed by atoms with Gasteiger partial charge < -0.3 is 5.73 Å². The van der Waals surface area contributed by atoms with Crippen LogP contribution < -0.4 is 5.73 Å². The number of rotatable bonds is 1. The highest BCUT2D eigenvalue weighted by Gasteiger charge is 2.30. The Kier molecular flexibility index (Phi) is 2.81. The van der Waals surface area contributed by atoms with Crippen LogP contribution in [0.3, 0.4) is 0 Å². The van der Waals surface area contributed by atoms with Crippen LogP contribution in [0.4, 0.5) is 18.9 Å². The summed E-state index contributed by atoms with van der Waals surface area (Å²) in [4.78, 5) is 0. The lowest BCUT2D eigenvalue weighted by molar-refractivity contribution is -0.137. The molecule has 0 saturated carbocycles. The van der Waals surface area contributed by atoms with Gasteiger partial charge >= 0.3 is 6.18 Å². The minimum Gasteiger partial charge on any atom is -0.398 e. The van der Waals surface area contributed by atoms with Crippen molar-refractivity contribution in [2.75, 3.05) is 5.73 Å². The van der Waals surface area contributed by atoms with Crippen LogP contribution in [0.1, 0.15) is 11.1 Å². The topological polar surface area (TPSA) is 26.0 Å². The molecule has 72 valence electrons. The highest BCUT2D eigenvalue weighted by Crippen LogP contribution is 2.31. The molecule has 5 heteroatoms. The van der Waals surface area contributed by atoms with E-state index in [2.05, 4.69) is 9.24 Å². The van der Waals surface area contributed by atoms with Gasteiger partial charge in [0.05, 0.1) is 5.56 Å². The maximum atomic E-state index is 12.2. The molecule has 0 saturated heterocycles. The molecule has 0 aromatic heterocycles. The van der Waals surface area contributed by atoms with Crippen LogP contribution in [0.15, 0.2) is 18.2 Å². The lowest BCUT2D eigenvalue weighted by Gasteiger charge is -2.09. The number of alkyl halides is 3. The van der Waals surface area contributed by atoms with Crippen molar-refractivity contribution >= 4 is 14.9 Å². The molecule has 0 aliphatic heterocycles. The minimum absolute atomic E-state index is 0.392. The van der Waals surface area contributed by atoms with Crippen molar-refractivity contribution in [1.29, 1.82) is 0 Å². The number of nitrogens with two attached hydrogens (primary N) is 1. The first-order chi connectivity index (χ1) is 5.95. The van der Waals surface area contributed by atoms with E-state index in [4.69, 9.17) is 5.73 Å². The molecule has 1 atom stereocenters. The molecule has 1 rings (SSSR count). The van der Waals surface area contributed by atoms with Crippen LogP contribution >= 0.6 is 9.24 Å². The van der Waals surface area contributed by atoms with Gasteiger partial charge in [-0.15, -0.1) is 9.24 Å². The van der Waals surface area contributed by atoms with Crippen LogP contribution in [0, 0.1) is 0 Å². The van der Waals surface area contributed by atoms with E-state index in [9.17, 15) is 13.2 Å². The average molecular weight is 207 g/mol. The smallest absolute Gasteiger partial charge is 0.398 e. The molecule has 0 amide bonds. The Morgan fingerprint density at radius 1 is 1.31 bits per heavy atom. The van der Waals surface area contributed by atoms with Gasteiger partial charge in [-0.05, 0) is 29.9 Å². The fraction of sp³-hybridized carbons (Fsp3) is 0.250. The second-order valence-corrected chi connectivity index (χ2v) is 3.02. The van der Waals surface area contributed by atoms with Gasteiger partial charge in [0.1, 0.15) is 0 Å². The summed E-state index contributed by atoms with van der Waals surface area (Å²) in [7, 11) is 2.34. The predicted molar refractivity (Wildman–Crippen MR) is 49.3 cm³/mol. The monoisotopic (exact) mass is 207 g/mol. The zero-order valence-electron chi connectivity index (χ0n) is 6.73. The third-order valence-electron chi connectivity index (χ3n) is 1.69. The van der Waals surface area contributed by atoms with Gasteiger partial charge in [0.2, 0.25) is 0 Å². The maximum Gasteiger partial charge on any atom is 0.416 e. The first-order valence-corrected chi connectivity index (χ1v) is 4.42. The zero-order valence-corrected chi connectivity index (χ0v) is 7.88. The van der Waals surface area contributed by atoms with E-state index in [1.54, 1.807) is 0 Å². The van der Waals surface area contributed by atoms with E-state index in [0.29, 0.717) is 17.4 Å². The zero-order chi connectivity index (χ0) is 10.1. The molecule has 0 radical (unpaired) electrons. The molecule has 1 aromatic rings. The largest absolute Gasteiger partial charge is 0.416 e. The Hall–Kier alpha value is -0.760. The Labute approximate surface area is 76.3 Å². The molecule has 0 aliphatic carbocycles. The molecule has 0 spiro atoms. The van der Waals surface area contributed by atoms with Gasteiger partial charge in [0, 0.05) is 5.69 Å². The average Bonchev–Trinajstić information content (AvgIpc) is 2.03. The van der Waals surface area contributed by atoms with Gasteiger partial charge in [-0.1, -0.05) is 0 Å². The number of hydrogen-bond acceptors (Lipinski definition) is 1. The first-order valence-electron chi connectivity index (χ1n) is 3.61. The number of halogens is 3. The van der Waals surface area contributed by atoms with Crippen LogP contribution in [-0.4, -0.2) is 0 Å². The Bertz CT molecular complexity index is 309. The lowest BCUT2D eigenvalue weighted by atomic mass is 10.1. The van der Waals surface area contributed by atoms with Crippen LogP contribution in [0.5, 0.6) is 0 Å². The molecular formula is C8H9F3NP. The van der Waals surface area contributed by atoms with Crippen molar-refractivity contribution in [2.24, 2.45) is 0 Å². The van der Waals surface area contributed by atoms with Crippen molar-refractivity contribution < 1.29 is 13.2 Å². The van der Waals surface area contributed by atoms with E-state index in [-0.39, 0.29) is 0 Å². The summed E-state index contributed by atoms with van der Waals surface area (Å²) in [5.41, 5.74) is 5.70. The summed E-state index contributed by atoms with van der Waals surface area (Å²) in [6.07, 6.45) is -3.86. The van der Waals surface area contributed by atoms with Crippen molar-refractivity contribution in [1.82, 2.24) is 0 Å². The molecule has 1 unspecified atom stereocenters. The quantitative estimate of drug-likeness (QED) is 0.556. The molecule has 1 nitrogen and oxygen atoms in total. The van der Waals surface area contributed by atoms with E-state index < -0.39 is 11.7 Å². The van der Waals surface area contributed by atoms with Crippen molar-refractivity contribution in [3.63, 3.8) is 0 Å². The molecular weight excluding hydrogens is 198 g/mol. The van der Waals surface area contributed by atoms with E-state index >= 15 is 0 Å². The molecule has 2 N–H and O–H groups in total. The number of benzene rings is 1.